The Bertz CT molecular complexity index is 499. The Labute approximate surface area is 150 Å². The summed E-state index contributed by atoms with van der Waals surface area (Å²) in [5, 5.41) is 3.03. The number of hydrogen-bond donors (Lipinski definition) is 2. The largest absolute Gasteiger partial charge is 0.356 e. The van der Waals surface area contributed by atoms with Crippen LogP contribution in [0.4, 0.5) is 5.82 Å². The molecule has 6 nitrogen and oxygen atoms in total. The number of aryl methyl sites for hydroxylation is 1. The Hall–Kier alpha value is -1.11. The SMILES string of the molecule is CCc1cc(N2CCC(NC(=O)C(C)(C)N)CC2)ncn1.Cl.Cl. The van der Waals surface area contributed by atoms with Crippen molar-refractivity contribution in [3.05, 3.63) is 18.1 Å². The maximum Gasteiger partial charge on any atom is 0.239 e. The minimum atomic E-state index is -0.820. The fourth-order valence-corrected chi connectivity index (χ4v) is 2.38. The molecule has 1 aliphatic heterocycles. The summed E-state index contributed by atoms with van der Waals surface area (Å²) in [5.74, 6) is 0.891. The molecule has 0 unspecified atom stereocenters. The lowest BCUT2D eigenvalue weighted by molar-refractivity contribution is -0.126. The minimum Gasteiger partial charge on any atom is -0.356 e. The van der Waals surface area contributed by atoms with Gasteiger partial charge in [-0.3, -0.25) is 4.79 Å². The van der Waals surface area contributed by atoms with Crippen molar-refractivity contribution >= 4 is 36.5 Å². The minimum absolute atomic E-state index is 0. The van der Waals surface area contributed by atoms with Gasteiger partial charge in [-0.1, -0.05) is 6.92 Å². The van der Waals surface area contributed by atoms with Crippen molar-refractivity contribution in [2.24, 2.45) is 5.73 Å². The molecule has 132 valence electrons. The Kier molecular flexibility index (Phi) is 8.80. The van der Waals surface area contributed by atoms with Gasteiger partial charge in [-0.15, -0.1) is 24.8 Å². The number of piperidine rings is 1. The number of hydrogen-bond acceptors (Lipinski definition) is 5. The second-order valence-corrected chi connectivity index (χ2v) is 6.18. The molecule has 0 saturated carbocycles. The zero-order valence-corrected chi connectivity index (χ0v) is 15.5. The summed E-state index contributed by atoms with van der Waals surface area (Å²) in [6, 6.07) is 2.24. The summed E-state index contributed by atoms with van der Waals surface area (Å²) in [7, 11) is 0. The van der Waals surface area contributed by atoms with Crippen LogP contribution in [0.5, 0.6) is 0 Å². The molecule has 0 bridgehead atoms. The molecule has 1 fully saturated rings. The highest BCUT2D eigenvalue weighted by Crippen LogP contribution is 2.18. The van der Waals surface area contributed by atoms with Crippen LogP contribution in [0.3, 0.4) is 0 Å². The lowest BCUT2D eigenvalue weighted by Crippen LogP contribution is -2.54. The van der Waals surface area contributed by atoms with Gasteiger partial charge in [0.25, 0.3) is 0 Å². The molecule has 2 rings (SSSR count). The fourth-order valence-electron chi connectivity index (χ4n) is 2.38. The predicted molar refractivity (Wildman–Crippen MR) is 97.6 cm³/mol. The molecule has 8 heteroatoms. The summed E-state index contributed by atoms with van der Waals surface area (Å²) >= 11 is 0. The van der Waals surface area contributed by atoms with E-state index in [1.807, 2.05) is 6.07 Å². The number of rotatable bonds is 4. The number of nitrogens with two attached hydrogens (primary N) is 1. The lowest BCUT2D eigenvalue weighted by Gasteiger charge is -2.34. The summed E-state index contributed by atoms with van der Waals surface area (Å²) in [4.78, 5) is 22.7. The monoisotopic (exact) mass is 363 g/mol. The van der Waals surface area contributed by atoms with Crippen LogP contribution >= 0.6 is 24.8 Å². The first-order valence-corrected chi connectivity index (χ1v) is 7.56. The molecule has 0 spiro atoms. The molecule has 0 radical (unpaired) electrons. The van der Waals surface area contributed by atoms with E-state index in [9.17, 15) is 4.79 Å². The molecule has 1 amide bonds. The lowest BCUT2D eigenvalue weighted by atomic mass is 10.0. The molecule has 0 aliphatic carbocycles. The molecule has 1 aromatic rings. The van der Waals surface area contributed by atoms with Gasteiger partial charge in [0.2, 0.25) is 5.91 Å². The van der Waals surface area contributed by atoms with Gasteiger partial charge < -0.3 is 16.0 Å². The number of amides is 1. The molecule has 0 aromatic carbocycles. The Morgan fingerprint density at radius 1 is 1.35 bits per heavy atom. The maximum absolute atomic E-state index is 11.9. The molecule has 3 N–H and O–H groups in total. The molecular formula is C15H27Cl2N5O. The predicted octanol–water partition coefficient (Wildman–Crippen LogP) is 1.70. The fraction of sp³-hybridized carbons (Fsp3) is 0.667. The number of carbonyl (C=O) groups is 1. The zero-order chi connectivity index (χ0) is 15.5. The third-order valence-electron chi connectivity index (χ3n) is 3.81. The smallest absolute Gasteiger partial charge is 0.239 e. The first-order valence-electron chi connectivity index (χ1n) is 7.56. The Balaban J connectivity index is 0.00000242. The van der Waals surface area contributed by atoms with Crippen LogP contribution in [-0.4, -0.2) is 40.5 Å². The molecule has 0 atom stereocenters. The average molecular weight is 364 g/mol. The van der Waals surface area contributed by atoms with Crippen LogP contribution in [0.15, 0.2) is 12.4 Å². The van der Waals surface area contributed by atoms with Crippen molar-refractivity contribution in [2.45, 2.75) is 51.6 Å². The van der Waals surface area contributed by atoms with E-state index in [1.54, 1.807) is 20.2 Å². The molecule has 1 aromatic heterocycles. The van der Waals surface area contributed by atoms with E-state index < -0.39 is 5.54 Å². The average Bonchev–Trinajstić information content (AvgIpc) is 2.47. The van der Waals surface area contributed by atoms with Gasteiger partial charge in [-0.05, 0) is 33.1 Å². The first-order chi connectivity index (χ1) is 9.90. The summed E-state index contributed by atoms with van der Waals surface area (Å²) in [6.45, 7) is 7.31. The van der Waals surface area contributed by atoms with Gasteiger partial charge in [0.05, 0.1) is 5.54 Å². The highest BCUT2D eigenvalue weighted by atomic mass is 35.5. The van der Waals surface area contributed by atoms with Crippen LogP contribution in [0.25, 0.3) is 0 Å². The molecule has 23 heavy (non-hydrogen) atoms. The van der Waals surface area contributed by atoms with Crippen LogP contribution in [0.1, 0.15) is 39.3 Å². The summed E-state index contributed by atoms with van der Waals surface area (Å²) in [5.41, 5.74) is 6.04. The van der Waals surface area contributed by atoms with E-state index in [0.29, 0.717) is 0 Å². The van der Waals surface area contributed by atoms with E-state index in [1.165, 1.54) is 0 Å². The van der Waals surface area contributed by atoms with Gasteiger partial charge in [0.1, 0.15) is 12.1 Å². The van der Waals surface area contributed by atoms with Crippen LogP contribution in [0, 0.1) is 0 Å². The van der Waals surface area contributed by atoms with E-state index in [0.717, 1.165) is 43.9 Å². The van der Waals surface area contributed by atoms with E-state index >= 15 is 0 Å². The number of nitrogens with zero attached hydrogens (tertiary/aromatic N) is 3. The quantitative estimate of drug-likeness (QED) is 0.850. The van der Waals surface area contributed by atoms with E-state index in [4.69, 9.17) is 5.73 Å². The van der Waals surface area contributed by atoms with Gasteiger partial charge in [-0.25, -0.2) is 9.97 Å². The highest BCUT2D eigenvalue weighted by Gasteiger charge is 2.27. The van der Waals surface area contributed by atoms with Gasteiger partial charge in [0, 0.05) is 30.9 Å². The van der Waals surface area contributed by atoms with Crippen LogP contribution in [0.2, 0.25) is 0 Å². The Morgan fingerprint density at radius 2 is 1.96 bits per heavy atom. The van der Waals surface area contributed by atoms with Gasteiger partial charge >= 0.3 is 0 Å². The van der Waals surface area contributed by atoms with Crippen LogP contribution < -0.4 is 16.0 Å². The van der Waals surface area contributed by atoms with Crippen molar-refractivity contribution in [1.29, 1.82) is 0 Å². The number of anilines is 1. The van der Waals surface area contributed by atoms with Crippen molar-refractivity contribution in [2.75, 3.05) is 18.0 Å². The Morgan fingerprint density at radius 3 is 2.48 bits per heavy atom. The van der Waals surface area contributed by atoms with Crippen molar-refractivity contribution in [3.63, 3.8) is 0 Å². The third kappa shape index (κ3) is 6.12. The highest BCUT2D eigenvalue weighted by molar-refractivity contribution is 5.86. The molecule has 1 saturated heterocycles. The molecule has 1 aliphatic rings. The number of halogens is 2. The summed E-state index contributed by atoms with van der Waals surface area (Å²) < 4.78 is 0. The number of aromatic nitrogens is 2. The van der Waals surface area contributed by atoms with Gasteiger partial charge in [0.15, 0.2) is 0 Å². The van der Waals surface area contributed by atoms with E-state index in [-0.39, 0.29) is 36.8 Å². The summed E-state index contributed by atoms with van der Waals surface area (Å²) in [6.07, 6.45) is 4.35. The normalized spacial score (nSPS) is 15.4. The zero-order valence-electron chi connectivity index (χ0n) is 13.9. The van der Waals surface area contributed by atoms with Crippen LogP contribution in [-0.2, 0) is 11.2 Å². The second kappa shape index (κ2) is 9.25. The number of nitrogens with one attached hydrogen (secondary N) is 1. The number of carbonyl (C=O) groups excluding carboxylic acids is 1. The molecular weight excluding hydrogens is 337 g/mol. The van der Waals surface area contributed by atoms with E-state index in [2.05, 4.69) is 27.1 Å². The second-order valence-electron chi connectivity index (χ2n) is 6.18. The third-order valence-corrected chi connectivity index (χ3v) is 3.81. The first kappa shape index (κ1) is 21.9. The topological polar surface area (TPSA) is 84.1 Å². The maximum atomic E-state index is 11.9. The van der Waals surface area contributed by atoms with Crippen molar-refractivity contribution in [1.82, 2.24) is 15.3 Å². The van der Waals surface area contributed by atoms with Crippen molar-refractivity contribution in [3.8, 4) is 0 Å². The molecule has 2 heterocycles. The van der Waals surface area contributed by atoms with Gasteiger partial charge in [-0.2, -0.15) is 0 Å². The van der Waals surface area contributed by atoms with Crippen molar-refractivity contribution < 1.29 is 4.79 Å². The standard InChI is InChI=1S/C15H25N5O.2ClH/c1-4-11-9-13(18-10-17-11)20-7-5-12(6-8-20)19-14(21)15(2,3)16;;/h9-10,12H,4-8,16H2,1-3H3,(H,19,21);2*1H.